The van der Waals surface area contributed by atoms with Gasteiger partial charge in [0.05, 0.1) is 13.2 Å². The van der Waals surface area contributed by atoms with Gasteiger partial charge in [0.25, 0.3) is 0 Å². The second-order valence-corrected chi connectivity index (χ2v) is 5.01. The number of carbonyl (C=O) groups excluding carboxylic acids is 2. The molecule has 0 heterocycles. The molecule has 0 saturated heterocycles. The van der Waals surface area contributed by atoms with Gasteiger partial charge in [0.1, 0.15) is 6.04 Å². The molecule has 0 unspecified atom stereocenters. The molecule has 0 aliphatic heterocycles. The molecule has 2 N–H and O–H groups in total. The third-order valence-electron chi connectivity index (χ3n) is 3.58. The van der Waals surface area contributed by atoms with Crippen molar-refractivity contribution in [1.29, 1.82) is 0 Å². The summed E-state index contributed by atoms with van der Waals surface area (Å²) in [6.45, 7) is 1.60. The second kappa shape index (κ2) is 6.41. The summed E-state index contributed by atoms with van der Waals surface area (Å²) >= 11 is 0. The first-order valence-corrected chi connectivity index (χ1v) is 6.84. The van der Waals surface area contributed by atoms with Gasteiger partial charge in [0.15, 0.2) is 0 Å². The van der Waals surface area contributed by atoms with Gasteiger partial charge in [-0.15, -0.1) is 0 Å². The zero-order valence-electron chi connectivity index (χ0n) is 11.8. The summed E-state index contributed by atoms with van der Waals surface area (Å²) in [5.74, 6) is -0.454. The summed E-state index contributed by atoms with van der Waals surface area (Å²) in [6, 6.07) is 7.14. The summed E-state index contributed by atoms with van der Waals surface area (Å²) < 4.78 is 4.58. The highest BCUT2D eigenvalue weighted by Gasteiger charge is 2.23. The monoisotopic (exact) mass is 276 g/mol. The minimum atomic E-state index is -0.654. The van der Waals surface area contributed by atoms with Crippen molar-refractivity contribution in [3.8, 4) is 0 Å². The number of amides is 2. The van der Waals surface area contributed by atoms with Gasteiger partial charge < -0.3 is 15.4 Å². The number of carbonyl (C=O) groups is 2. The highest BCUT2D eigenvalue weighted by molar-refractivity contribution is 5.83. The molecule has 0 radical (unpaired) electrons. The minimum absolute atomic E-state index is 0.00444. The number of esters is 1. The Morgan fingerprint density at radius 3 is 2.85 bits per heavy atom. The van der Waals surface area contributed by atoms with Crippen molar-refractivity contribution < 1.29 is 14.3 Å². The highest BCUT2D eigenvalue weighted by Crippen LogP contribution is 2.29. The lowest BCUT2D eigenvalue weighted by atomic mass is 9.88. The molecular formula is C15H20N2O3. The number of nitrogens with one attached hydrogen (secondary N) is 2. The first-order valence-electron chi connectivity index (χ1n) is 6.84. The highest BCUT2D eigenvalue weighted by atomic mass is 16.5. The summed E-state index contributed by atoms with van der Waals surface area (Å²) in [4.78, 5) is 23.2. The largest absolute Gasteiger partial charge is 0.467 e. The second-order valence-electron chi connectivity index (χ2n) is 5.01. The van der Waals surface area contributed by atoms with Crippen LogP contribution in [0.4, 0.5) is 4.79 Å². The molecular weight excluding hydrogens is 256 g/mol. The van der Waals surface area contributed by atoms with E-state index in [0.717, 1.165) is 19.3 Å². The molecule has 0 spiro atoms. The first kappa shape index (κ1) is 14.4. The van der Waals surface area contributed by atoms with Crippen molar-refractivity contribution >= 4 is 12.0 Å². The number of methoxy groups -OCH3 is 1. The van der Waals surface area contributed by atoms with Crippen molar-refractivity contribution in [3.63, 3.8) is 0 Å². The van der Waals surface area contributed by atoms with E-state index in [1.807, 2.05) is 18.2 Å². The Labute approximate surface area is 118 Å². The van der Waals surface area contributed by atoms with E-state index in [4.69, 9.17) is 0 Å². The average molecular weight is 276 g/mol. The number of aryl methyl sites for hydroxylation is 1. The van der Waals surface area contributed by atoms with Crippen LogP contribution < -0.4 is 10.6 Å². The van der Waals surface area contributed by atoms with E-state index in [1.165, 1.54) is 18.2 Å². The van der Waals surface area contributed by atoms with Crippen LogP contribution in [0.1, 0.15) is 36.9 Å². The van der Waals surface area contributed by atoms with E-state index in [9.17, 15) is 9.59 Å². The summed E-state index contributed by atoms with van der Waals surface area (Å²) in [5.41, 5.74) is 2.45. The van der Waals surface area contributed by atoms with Gasteiger partial charge in [-0.2, -0.15) is 0 Å². The molecule has 5 nitrogen and oxygen atoms in total. The number of hydrogen-bond acceptors (Lipinski definition) is 3. The maximum atomic E-state index is 11.9. The predicted molar refractivity (Wildman–Crippen MR) is 75.3 cm³/mol. The molecule has 2 atom stereocenters. The maximum Gasteiger partial charge on any atom is 0.328 e. The fourth-order valence-corrected chi connectivity index (χ4v) is 2.54. The standard InChI is InChI=1S/C15H20N2O3/c1-10(14(18)20-2)16-15(19)17-13-9-5-7-11-6-3-4-8-12(11)13/h3-4,6,8,10,13H,5,7,9H2,1-2H3,(H2,16,17,19)/t10-,13-/m0/s1. The van der Waals surface area contributed by atoms with Crippen LogP contribution in [0.2, 0.25) is 0 Å². The Morgan fingerprint density at radius 2 is 2.10 bits per heavy atom. The Hall–Kier alpha value is -2.04. The van der Waals surface area contributed by atoms with Gasteiger partial charge in [-0.1, -0.05) is 24.3 Å². The van der Waals surface area contributed by atoms with Crippen LogP contribution in [0.15, 0.2) is 24.3 Å². The molecule has 108 valence electrons. The Morgan fingerprint density at radius 1 is 1.35 bits per heavy atom. The van der Waals surface area contributed by atoms with Crippen molar-refractivity contribution in [2.75, 3.05) is 7.11 Å². The smallest absolute Gasteiger partial charge is 0.328 e. The molecule has 0 saturated carbocycles. The molecule has 0 bridgehead atoms. The van der Waals surface area contributed by atoms with Crippen LogP contribution in [0.3, 0.4) is 0 Å². The maximum absolute atomic E-state index is 11.9. The molecule has 1 aliphatic rings. The van der Waals surface area contributed by atoms with Gasteiger partial charge in [-0.25, -0.2) is 9.59 Å². The number of urea groups is 1. The van der Waals surface area contributed by atoms with Crippen molar-refractivity contribution in [3.05, 3.63) is 35.4 Å². The number of fused-ring (bicyclic) bond motifs is 1. The lowest BCUT2D eigenvalue weighted by Gasteiger charge is -2.26. The Bertz CT molecular complexity index is 502. The zero-order chi connectivity index (χ0) is 14.5. The van der Waals surface area contributed by atoms with Crippen LogP contribution in [0.5, 0.6) is 0 Å². The van der Waals surface area contributed by atoms with E-state index >= 15 is 0 Å². The van der Waals surface area contributed by atoms with E-state index < -0.39 is 12.0 Å². The van der Waals surface area contributed by atoms with Crippen LogP contribution in [0.25, 0.3) is 0 Å². The van der Waals surface area contributed by atoms with E-state index in [1.54, 1.807) is 6.92 Å². The fraction of sp³-hybridized carbons (Fsp3) is 0.467. The van der Waals surface area contributed by atoms with Gasteiger partial charge in [-0.05, 0) is 37.3 Å². The molecule has 0 aromatic heterocycles. The van der Waals surface area contributed by atoms with Crippen LogP contribution in [-0.4, -0.2) is 25.2 Å². The third kappa shape index (κ3) is 3.29. The zero-order valence-corrected chi connectivity index (χ0v) is 11.8. The summed E-state index contributed by atoms with van der Waals surface area (Å²) in [5, 5.41) is 5.51. The summed E-state index contributed by atoms with van der Waals surface area (Å²) in [7, 11) is 1.30. The van der Waals surface area contributed by atoms with Gasteiger partial charge in [0, 0.05) is 0 Å². The minimum Gasteiger partial charge on any atom is -0.467 e. The van der Waals surface area contributed by atoms with Crippen molar-refractivity contribution in [1.82, 2.24) is 10.6 Å². The molecule has 2 rings (SSSR count). The molecule has 5 heteroatoms. The lowest BCUT2D eigenvalue weighted by molar-refractivity contribution is -0.142. The number of rotatable bonds is 3. The van der Waals surface area contributed by atoms with E-state index in [-0.39, 0.29) is 12.1 Å². The quantitative estimate of drug-likeness (QED) is 0.829. The SMILES string of the molecule is COC(=O)[C@H](C)NC(=O)N[C@H]1CCCc2ccccc21. The average Bonchev–Trinajstić information content (AvgIpc) is 2.46. The number of benzene rings is 1. The Kier molecular flexibility index (Phi) is 4.61. The summed E-state index contributed by atoms with van der Waals surface area (Å²) in [6.07, 6.45) is 3.01. The van der Waals surface area contributed by atoms with Gasteiger partial charge in [-0.3, -0.25) is 0 Å². The third-order valence-corrected chi connectivity index (χ3v) is 3.58. The van der Waals surface area contributed by atoms with Gasteiger partial charge in [0.2, 0.25) is 0 Å². The van der Waals surface area contributed by atoms with Crippen LogP contribution in [-0.2, 0) is 16.0 Å². The number of ether oxygens (including phenoxy) is 1. The molecule has 1 aromatic rings. The van der Waals surface area contributed by atoms with Gasteiger partial charge >= 0.3 is 12.0 Å². The number of hydrogen-bond donors (Lipinski definition) is 2. The lowest BCUT2D eigenvalue weighted by Crippen LogP contribution is -2.46. The molecule has 2 amide bonds. The molecule has 1 aliphatic carbocycles. The van der Waals surface area contributed by atoms with Crippen LogP contribution in [0, 0.1) is 0 Å². The van der Waals surface area contributed by atoms with E-state index in [2.05, 4.69) is 21.4 Å². The molecule has 0 fully saturated rings. The van der Waals surface area contributed by atoms with Crippen LogP contribution >= 0.6 is 0 Å². The van der Waals surface area contributed by atoms with Crippen molar-refractivity contribution in [2.24, 2.45) is 0 Å². The predicted octanol–water partition coefficient (Wildman–Crippen LogP) is 1.92. The normalized spacial score (nSPS) is 18.6. The van der Waals surface area contributed by atoms with Crippen molar-refractivity contribution in [2.45, 2.75) is 38.3 Å². The molecule has 1 aromatic carbocycles. The topological polar surface area (TPSA) is 67.4 Å². The first-order chi connectivity index (χ1) is 9.61. The molecule has 20 heavy (non-hydrogen) atoms. The fourth-order valence-electron chi connectivity index (χ4n) is 2.54. The van der Waals surface area contributed by atoms with E-state index in [0.29, 0.717) is 0 Å². The Balaban J connectivity index is 1.97.